The second-order valence-corrected chi connectivity index (χ2v) is 6.90. The molecule has 1 N–H and O–H groups in total. The van der Waals surface area contributed by atoms with Crippen molar-refractivity contribution in [2.45, 2.75) is 11.3 Å². The molecule has 2 aromatic carbocycles. The molecule has 0 atom stereocenters. The highest BCUT2D eigenvalue weighted by atomic mass is 32.2. The first-order chi connectivity index (χ1) is 10.4. The molecule has 0 spiro atoms. The number of rotatable bonds is 6. The number of halogens is 1. The monoisotopic (exact) mass is 323 g/mol. The zero-order valence-electron chi connectivity index (χ0n) is 12.5. The molecular weight excluding hydrogens is 305 g/mol. The van der Waals surface area contributed by atoms with Gasteiger partial charge in [0.05, 0.1) is 17.7 Å². The van der Waals surface area contributed by atoms with Crippen molar-refractivity contribution >= 4 is 15.5 Å². The van der Waals surface area contributed by atoms with Crippen molar-refractivity contribution in [2.24, 2.45) is 0 Å². The average Bonchev–Trinajstić information content (AvgIpc) is 2.47. The normalized spacial score (nSPS) is 11.2. The first kappa shape index (κ1) is 16.3. The fraction of sp³-hybridized carbons (Fsp3) is 0.250. The highest BCUT2D eigenvalue weighted by molar-refractivity contribution is 7.90. The SMILES string of the molecule is COc1ccc(CCNc2ccccc2S(C)(=O)=O)cc1F. The third kappa shape index (κ3) is 3.98. The van der Waals surface area contributed by atoms with Crippen LogP contribution in [-0.4, -0.2) is 28.3 Å². The third-order valence-corrected chi connectivity index (χ3v) is 4.39. The lowest BCUT2D eigenvalue weighted by Crippen LogP contribution is -2.09. The van der Waals surface area contributed by atoms with Crippen LogP contribution < -0.4 is 10.1 Å². The quantitative estimate of drug-likeness (QED) is 0.888. The molecule has 2 aromatic rings. The first-order valence-corrected chi connectivity index (χ1v) is 8.66. The Kier molecular flexibility index (Phi) is 5.03. The van der Waals surface area contributed by atoms with Gasteiger partial charge in [-0.3, -0.25) is 0 Å². The van der Waals surface area contributed by atoms with Crippen molar-refractivity contribution in [1.82, 2.24) is 0 Å². The van der Waals surface area contributed by atoms with Crippen molar-refractivity contribution in [1.29, 1.82) is 0 Å². The van der Waals surface area contributed by atoms with E-state index >= 15 is 0 Å². The summed E-state index contributed by atoms with van der Waals surface area (Å²) in [5.74, 6) is -0.198. The van der Waals surface area contributed by atoms with Crippen molar-refractivity contribution < 1.29 is 17.5 Å². The Labute approximate surface area is 129 Å². The maximum absolute atomic E-state index is 13.6. The summed E-state index contributed by atoms with van der Waals surface area (Å²) < 4.78 is 41.9. The van der Waals surface area contributed by atoms with Crippen LogP contribution in [0.15, 0.2) is 47.4 Å². The number of benzene rings is 2. The molecule has 2 rings (SSSR count). The van der Waals surface area contributed by atoms with E-state index in [0.717, 1.165) is 5.56 Å². The second kappa shape index (κ2) is 6.79. The maximum atomic E-state index is 13.6. The van der Waals surface area contributed by atoms with Crippen LogP contribution in [0.4, 0.5) is 10.1 Å². The van der Waals surface area contributed by atoms with Gasteiger partial charge in [0.2, 0.25) is 0 Å². The Morgan fingerprint density at radius 2 is 1.91 bits per heavy atom. The summed E-state index contributed by atoms with van der Waals surface area (Å²) in [6.45, 7) is 0.498. The van der Waals surface area contributed by atoms with E-state index in [4.69, 9.17) is 4.74 Å². The Morgan fingerprint density at radius 1 is 1.18 bits per heavy atom. The minimum atomic E-state index is -3.28. The topological polar surface area (TPSA) is 55.4 Å². The molecule has 0 saturated heterocycles. The van der Waals surface area contributed by atoms with Crippen molar-refractivity contribution in [3.05, 3.63) is 53.8 Å². The zero-order valence-corrected chi connectivity index (χ0v) is 13.3. The van der Waals surface area contributed by atoms with E-state index in [1.807, 2.05) is 0 Å². The van der Waals surface area contributed by atoms with Gasteiger partial charge in [0.15, 0.2) is 21.4 Å². The van der Waals surface area contributed by atoms with E-state index in [0.29, 0.717) is 18.7 Å². The molecule has 0 heterocycles. The van der Waals surface area contributed by atoms with Crippen LogP contribution in [0.25, 0.3) is 0 Å². The van der Waals surface area contributed by atoms with E-state index in [1.165, 1.54) is 19.4 Å². The van der Waals surface area contributed by atoms with Gasteiger partial charge in [-0.1, -0.05) is 18.2 Å². The molecule has 0 aliphatic heterocycles. The maximum Gasteiger partial charge on any atom is 0.177 e. The fourth-order valence-corrected chi connectivity index (χ4v) is 3.01. The first-order valence-electron chi connectivity index (χ1n) is 6.77. The van der Waals surface area contributed by atoms with Crippen LogP contribution >= 0.6 is 0 Å². The molecule has 0 aromatic heterocycles. The molecule has 0 radical (unpaired) electrons. The van der Waals surface area contributed by atoms with Gasteiger partial charge >= 0.3 is 0 Å². The van der Waals surface area contributed by atoms with E-state index < -0.39 is 15.7 Å². The molecule has 0 fully saturated rings. The summed E-state index contributed by atoms with van der Waals surface area (Å²) in [6, 6.07) is 11.5. The van der Waals surface area contributed by atoms with Gasteiger partial charge in [-0.25, -0.2) is 12.8 Å². The van der Waals surface area contributed by atoms with Crippen molar-refractivity contribution in [2.75, 3.05) is 25.2 Å². The minimum absolute atomic E-state index is 0.208. The summed E-state index contributed by atoms with van der Waals surface area (Å²) in [5, 5.41) is 3.08. The highest BCUT2D eigenvalue weighted by Crippen LogP contribution is 2.21. The molecule has 0 aliphatic carbocycles. The van der Waals surface area contributed by atoms with Gasteiger partial charge in [0, 0.05) is 12.8 Å². The largest absolute Gasteiger partial charge is 0.494 e. The van der Waals surface area contributed by atoms with E-state index in [9.17, 15) is 12.8 Å². The smallest absolute Gasteiger partial charge is 0.177 e. The number of hydrogen-bond donors (Lipinski definition) is 1. The van der Waals surface area contributed by atoms with Crippen LogP contribution in [0.3, 0.4) is 0 Å². The van der Waals surface area contributed by atoms with Gasteiger partial charge in [0.25, 0.3) is 0 Å². The van der Waals surface area contributed by atoms with Gasteiger partial charge in [-0.15, -0.1) is 0 Å². The molecular formula is C16H18FNO3S. The Morgan fingerprint density at radius 3 is 2.55 bits per heavy atom. The molecule has 0 saturated carbocycles. The van der Waals surface area contributed by atoms with Gasteiger partial charge in [-0.2, -0.15) is 0 Å². The number of anilines is 1. The van der Waals surface area contributed by atoms with Crippen LogP contribution in [0.5, 0.6) is 5.75 Å². The predicted molar refractivity (Wildman–Crippen MR) is 84.7 cm³/mol. The molecule has 0 unspecified atom stereocenters. The predicted octanol–water partition coefficient (Wildman–Crippen LogP) is 2.89. The Balaban J connectivity index is 2.05. The molecule has 6 heteroatoms. The molecule has 0 aliphatic rings. The standard InChI is InChI=1S/C16H18FNO3S/c1-21-15-8-7-12(11-13(15)17)9-10-18-14-5-3-4-6-16(14)22(2,19)20/h3-8,11,18H,9-10H2,1-2H3. The summed E-state index contributed by atoms with van der Waals surface area (Å²) in [4.78, 5) is 0.260. The lowest BCUT2D eigenvalue weighted by Gasteiger charge is -2.11. The average molecular weight is 323 g/mol. The van der Waals surface area contributed by atoms with Crippen LogP contribution in [0.1, 0.15) is 5.56 Å². The zero-order chi connectivity index (χ0) is 16.2. The van der Waals surface area contributed by atoms with Crippen molar-refractivity contribution in [3.63, 3.8) is 0 Å². The lowest BCUT2D eigenvalue weighted by atomic mass is 10.1. The molecule has 0 bridgehead atoms. The fourth-order valence-electron chi connectivity index (χ4n) is 2.14. The number of hydrogen-bond acceptors (Lipinski definition) is 4. The van der Waals surface area contributed by atoms with E-state index in [1.54, 1.807) is 36.4 Å². The minimum Gasteiger partial charge on any atom is -0.494 e. The third-order valence-electron chi connectivity index (χ3n) is 3.23. The van der Waals surface area contributed by atoms with Crippen molar-refractivity contribution in [3.8, 4) is 5.75 Å². The van der Waals surface area contributed by atoms with Crippen LogP contribution in [0, 0.1) is 5.82 Å². The Hall–Kier alpha value is -2.08. The summed E-state index contributed by atoms with van der Waals surface area (Å²) >= 11 is 0. The van der Waals surface area contributed by atoms with E-state index in [2.05, 4.69) is 5.32 Å². The summed E-state index contributed by atoms with van der Waals surface area (Å²) in [5.41, 5.74) is 1.36. The second-order valence-electron chi connectivity index (χ2n) is 4.91. The molecule has 4 nitrogen and oxygen atoms in total. The van der Waals surface area contributed by atoms with Gasteiger partial charge < -0.3 is 10.1 Å². The molecule has 22 heavy (non-hydrogen) atoms. The number of ether oxygens (including phenoxy) is 1. The van der Waals surface area contributed by atoms with Gasteiger partial charge in [0.1, 0.15) is 0 Å². The number of methoxy groups -OCH3 is 1. The molecule has 0 amide bonds. The summed E-state index contributed by atoms with van der Waals surface area (Å²) in [7, 11) is -1.86. The Bertz CT molecular complexity index is 760. The van der Waals surface area contributed by atoms with Gasteiger partial charge in [-0.05, 0) is 36.2 Å². The number of para-hydroxylation sites is 1. The number of nitrogens with one attached hydrogen (secondary N) is 1. The highest BCUT2D eigenvalue weighted by Gasteiger charge is 2.12. The van der Waals surface area contributed by atoms with Crippen LogP contribution in [0.2, 0.25) is 0 Å². The van der Waals surface area contributed by atoms with E-state index in [-0.39, 0.29) is 10.6 Å². The van der Waals surface area contributed by atoms with Crippen LogP contribution in [-0.2, 0) is 16.3 Å². The summed E-state index contributed by atoms with van der Waals surface area (Å²) in [6.07, 6.45) is 1.74. The molecule has 118 valence electrons. The lowest BCUT2D eigenvalue weighted by molar-refractivity contribution is 0.386. The number of sulfone groups is 1.